The number of methoxy groups -OCH3 is 2. The van der Waals surface area contributed by atoms with Crippen LogP contribution in [0.2, 0.25) is 0 Å². The van der Waals surface area contributed by atoms with Gasteiger partial charge in [-0.05, 0) is 68.7 Å². The fourth-order valence-corrected chi connectivity index (χ4v) is 3.62. The fraction of sp³-hybridized carbons (Fsp3) is 0.455. The van der Waals surface area contributed by atoms with E-state index in [-0.39, 0.29) is 18.3 Å². The average molecular weight is 420 g/mol. The van der Waals surface area contributed by atoms with Gasteiger partial charge in [-0.3, -0.25) is 9.78 Å². The topological polar surface area (TPSA) is 54.9 Å². The Hall–Kier alpha value is -2.31. The molecule has 1 aromatic heterocycles. The van der Waals surface area contributed by atoms with Gasteiger partial charge >= 0.3 is 0 Å². The van der Waals surface area contributed by atoms with Gasteiger partial charge in [0, 0.05) is 31.0 Å². The van der Waals surface area contributed by atoms with Gasteiger partial charge in [0.1, 0.15) is 0 Å². The van der Waals surface area contributed by atoms with Gasteiger partial charge in [-0.1, -0.05) is 6.07 Å². The molecule has 0 fully saturated rings. The zero-order valence-corrected chi connectivity index (χ0v) is 18.2. The van der Waals surface area contributed by atoms with Crippen LogP contribution in [0.5, 0.6) is 11.5 Å². The van der Waals surface area contributed by atoms with Gasteiger partial charge in [0.15, 0.2) is 11.5 Å². The minimum atomic E-state index is 0. The van der Waals surface area contributed by atoms with Crippen molar-refractivity contribution in [3.63, 3.8) is 0 Å². The summed E-state index contributed by atoms with van der Waals surface area (Å²) in [5.41, 5.74) is 3.01. The Labute approximate surface area is 179 Å². The molecule has 0 spiro atoms. The third-order valence-corrected chi connectivity index (χ3v) is 5.18. The van der Waals surface area contributed by atoms with Crippen molar-refractivity contribution in [1.82, 2.24) is 14.8 Å². The van der Waals surface area contributed by atoms with Crippen molar-refractivity contribution in [3.05, 3.63) is 53.3 Å². The third-order valence-electron chi connectivity index (χ3n) is 5.18. The van der Waals surface area contributed by atoms with Gasteiger partial charge in [0.2, 0.25) is 0 Å². The predicted molar refractivity (Wildman–Crippen MR) is 116 cm³/mol. The highest BCUT2D eigenvalue weighted by atomic mass is 35.5. The first kappa shape index (κ1) is 23.0. The molecule has 0 saturated carbocycles. The minimum absolute atomic E-state index is 0. The van der Waals surface area contributed by atoms with Crippen molar-refractivity contribution < 1.29 is 14.3 Å². The van der Waals surface area contributed by atoms with E-state index in [9.17, 15) is 4.79 Å². The maximum absolute atomic E-state index is 12.7. The maximum Gasteiger partial charge on any atom is 0.254 e. The lowest BCUT2D eigenvalue weighted by Gasteiger charge is -2.20. The van der Waals surface area contributed by atoms with Gasteiger partial charge in [-0.2, -0.15) is 0 Å². The van der Waals surface area contributed by atoms with Crippen molar-refractivity contribution in [2.75, 3.05) is 40.9 Å². The van der Waals surface area contributed by atoms with Crippen LogP contribution in [0.3, 0.4) is 0 Å². The summed E-state index contributed by atoms with van der Waals surface area (Å²) in [5.74, 6) is 1.35. The molecule has 0 N–H and O–H groups in total. The lowest BCUT2D eigenvalue weighted by molar-refractivity contribution is 0.0772. The molecule has 0 radical (unpaired) electrons. The maximum atomic E-state index is 12.7. The molecule has 3 rings (SSSR count). The molecule has 7 heteroatoms. The van der Waals surface area contributed by atoms with Crippen LogP contribution >= 0.6 is 12.4 Å². The van der Waals surface area contributed by atoms with Crippen LogP contribution in [0, 0.1) is 0 Å². The molecule has 0 unspecified atom stereocenters. The molecule has 0 aliphatic carbocycles. The molecule has 0 saturated heterocycles. The Morgan fingerprint density at radius 1 is 1.14 bits per heavy atom. The number of pyridine rings is 1. The number of rotatable bonds is 10. The second kappa shape index (κ2) is 11.0. The number of nitrogens with zero attached hydrogens (tertiary/aromatic N) is 3. The quantitative estimate of drug-likeness (QED) is 0.590. The lowest BCUT2D eigenvalue weighted by atomic mass is 10.1. The van der Waals surface area contributed by atoms with Crippen molar-refractivity contribution in [1.29, 1.82) is 0 Å². The van der Waals surface area contributed by atoms with E-state index in [4.69, 9.17) is 9.47 Å². The Balaban J connectivity index is 0.00000300. The summed E-state index contributed by atoms with van der Waals surface area (Å²) >= 11 is 0. The number of halogens is 1. The summed E-state index contributed by atoms with van der Waals surface area (Å²) in [4.78, 5) is 21.1. The zero-order valence-electron chi connectivity index (χ0n) is 17.4. The Morgan fingerprint density at radius 2 is 1.86 bits per heavy atom. The second-order valence-corrected chi connectivity index (χ2v) is 7.21. The van der Waals surface area contributed by atoms with E-state index < -0.39 is 0 Å². The van der Waals surface area contributed by atoms with Gasteiger partial charge in [0.05, 0.1) is 14.2 Å². The molecule has 1 aliphatic heterocycles. The highest BCUT2D eigenvalue weighted by molar-refractivity contribution is 5.99. The van der Waals surface area contributed by atoms with Gasteiger partial charge in [0.25, 0.3) is 5.91 Å². The zero-order chi connectivity index (χ0) is 19.9. The van der Waals surface area contributed by atoms with E-state index in [0.29, 0.717) is 18.0 Å². The van der Waals surface area contributed by atoms with Crippen molar-refractivity contribution in [2.45, 2.75) is 25.8 Å². The summed E-state index contributed by atoms with van der Waals surface area (Å²) in [6.45, 7) is 3.40. The van der Waals surface area contributed by atoms with Gasteiger partial charge < -0.3 is 19.3 Å². The first-order valence-corrected chi connectivity index (χ1v) is 9.74. The molecule has 0 atom stereocenters. The molecule has 29 heavy (non-hydrogen) atoms. The summed E-state index contributed by atoms with van der Waals surface area (Å²) in [6.07, 6.45) is 6.84. The molecule has 1 aromatic carbocycles. The van der Waals surface area contributed by atoms with E-state index >= 15 is 0 Å². The standard InChI is InChI=1S/C22H29N3O3.ClH/c1-24(10-5-8-17-7-4-9-23-15-17)11-6-12-25-16-18-13-20(27-2)21(28-3)14-19(18)22(25)26;/h4,7,9,13-15H,5-6,8,10-12,16H2,1-3H3;1H. The highest BCUT2D eigenvalue weighted by Gasteiger charge is 2.29. The fourth-order valence-electron chi connectivity index (χ4n) is 3.62. The summed E-state index contributed by atoms with van der Waals surface area (Å²) in [7, 11) is 5.34. The first-order valence-electron chi connectivity index (χ1n) is 9.74. The number of hydrogen-bond donors (Lipinski definition) is 0. The SMILES string of the molecule is COc1cc2c(cc1OC)C(=O)N(CCCN(C)CCCc1cccnc1)C2.Cl. The highest BCUT2D eigenvalue weighted by Crippen LogP contribution is 2.34. The third kappa shape index (κ3) is 5.84. The Bertz CT molecular complexity index is 801. The number of aryl methyl sites for hydroxylation is 1. The number of amides is 1. The van der Waals surface area contributed by atoms with E-state index in [2.05, 4.69) is 23.0 Å². The average Bonchev–Trinajstić information content (AvgIpc) is 3.02. The molecule has 2 aromatic rings. The van der Waals surface area contributed by atoms with Crippen LogP contribution < -0.4 is 9.47 Å². The molecule has 158 valence electrons. The number of aromatic nitrogens is 1. The first-order chi connectivity index (χ1) is 13.6. The van der Waals surface area contributed by atoms with Crippen LogP contribution in [0.1, 0.15) is 34.3 Å². The van der Waals surface area contributed by atoms with Crippen LogP contribution in [0.25, 0.3) is 0 Å². The molecular weight excluding hydrogens is 390 g/mol. The summed E-state index contributed by atoms with van der Waals surface area (Å²) in [5, 5.41) is 0. The predicted octanol–water partition coefficient (Wildman–Crippen LogP) is 3.43. The number of fused-ring (bicyclic) bond motifs is 1. The summed E-state index contributed by atoms with van der Waals surface area (Å²) in [6, 6.07) is 7.81. The van der Waals surface area contributed by atoms with E-state index in [1.165, 1.54) is 5.56 Å². The number of benzene rings is 1. The Morgan fingerprint density at radius 3 is 2.55 bits per heavy atom. The van der Waals surface area contributed by atoms with Crippen LogP contribution in [-0.4, -0.2) is 61.6 Å². The number of carbonyl (C=O) groups excluding carboxylic acids is 1. The van der Waals surface area contributed by atoms with Crippen molar-refractivity contribution in [3.8, 4) is 11.5 Å². The largest absolute Gasteiger partial charge is 0.493 e. The molecule has 1 amide bonds. The van der Waals surface area contributed by atoms with Crippen LogP contribution in [-0.2, 0) is 13.0 Å². The van der Waals surface area contributed by atoms with Gasteiger partial charge in [-0.25, -0.2) is 0 Å². The molecular formula is C22H30ClN3O3. The molecule has 0 bridgehead atoms. The van der Waals surface area contributed by atoms with Crippen molar-refractivity contribution >= 4 is 18.3 Å². The number of carbonyl (C=O) groups is 1. The number of ether oxygens (including phenoxy) is 2. The summed E-state index contributed by atoms with van der Waals surface area (Å²) < 4.78 is 10.7. The number of hydrogen-bond acceptors (Lipinski definition) is 5. The van der Waals surface area contributed by atoms with E-state index in [1.807, 2.05) is 23.2 Å². The van der Waals surface area contributed by atoms with Gasteiger partial charge in [-0.15, -0.1) is 12.4 Å². The molecule has 2 heterocycles. The van der Waals surface area contributed by atoms with Crippen LogP contribution in [0.4, 0.5) is 0 Å². The smallest absolute Gasteiger partial charge is 0.254 e. The monoisotopic (exact) mass is 419 g/mol. The van der Waals surface area contributed by atoms with E-state index in [1.54, 1.807) is 26.5 Å². The van der Waals surface area contributed by atoms with Crippen LogP contribution in [0.15, 0.2) is 36.7 Å². The molecule has 6 nitrogen and oxygen atoms in total. The van der Waals surface area contributed by atoms with E-state index in [0.717, 1.165) is 50.0 Å². The van der Waals surface area contributed by atoms with Crippen molar-refractivity contribution in [2.24, 2.45) is 0 Å². The Kier molecular flexibility index (Phi) is 8.73. The second-order valence-electron chi connectivity index (χ2n) is 7.21. The normalized spacial score (nSPS) is 12.7. The molecule has 1 aliphatic rings. The minimum Gasteiger partial charge on any atom is -0.493 e. The lowest BCUT2D eigenvalue weighted by Crippen LogP contribution is -2.29.